The molecular formula is C22H16S. The van der Waals surface area contributed by atoms with Crippen molar-refractivity contribution in [2.24, 2.45) is 0 Å². The Morgan fingerprint density at radius 2 is 1.13 bits per heavy atom. The minimum absolute atomic E-state index is 0.846. The molecule has 23 heavy (non-hydrogen) atoms. The van der Waals surface area contributed by atoms with Crippen molar-refractivity contribution in [1.82, 2.24) is 0 Å². The first-order valence-electron chi connectivity index (χ1n) is 7.53. The fourth-order valence-corrected chi connectivity index (χ4v) is 2.90. The summed E-state index contributed by atoms with van der Waals surface area (Å²) in [5.41, 5.74) is 4.69. The van der Waals surface area contributed by atoms with Crippen molar-refractivity contribution in [1.29, 1.82) is 0 Å². The SMILES string of the molecule is C1#CC2=CC=CC=C(/C=C/S/C=C/C3=CC=CC=C(C#C1)C3)C2. The van der Waals surface area contributed by atoms with Crippen molar-refractivity contribution in [2.75, 3.05) is 0 Å². The van der Waals surface area contributed by atoms with Crippen LogP contribution in [0.1, 0.15) is 12.8 Å². The van der Waals surface area contributed by atoms with Gasteiger partial charge in [0.25, 0.3) is 0 Å². The topological polar surface area (TPSA) is 0 Å². The number of thioether (sulfide) groups is 1. The van der Waals surface area contributed by atoms with Crippen LogP contribution < -0.4 is 0 Å². The summed E-state index contributed by atoms with van der Waals surface area (Å²) in [6, 6.07) is 0. The van der Waals surface area contributed by atoms with Crippen LogP contribution in [0.5, 0.6) is 0 Å². The van der Waals surface area contributed by atoms with E-state index in [1.165, 1.54) is 11.1 Å². The van der Waals surface area contributed by atoms with E-state index in [4.69, 9.17) is 0 Å². The quantitative estimate of drug-likeness (QED) is 0.540. The van der Waals surface area contributed by atoms with Crippen molar-refractivity contribution in [3.05, 3.63) is 93.9 Å². The molecule has 4 bridgehead atoms. The Kier molecular flexibility index (Phi) is 5.41. The van der Waals surface area contributed by atoms with E-state index in [-0.39, 0.29) is 0 Å². The molecule has 0 amide bonds. The standard InChI is InChI=1S/C22H16S/c1-2-8-20-10-4-6-12-22(18-20)14-16-23-15-13-21-11-5-3-9-19(7-1)17-21/h3-6,9-16H,17-18H2/b15-13+,16-14+. The predicted molar refractivity (Wildman–Crippen MR) is 101 cm³/mol. The molecule has 0 aromatic heterocycles. The molecule has 2 aliphatic carbocycles. The first-order chi connectivity index (χ1) is 11.4. The molecule has 110 valence electrons. The van der Waals surface area contributed by atoms with Crippen LogP contribution in [0.4, 0.5) is 0 Å². The molecule has 0 spiro atoms. The maximum absolute atomic E-state index is 3.18. The molecule has 0 N–H and O–H groups in total. The van der Waals surface area contributed by atoms with Gasteiger partial charge in [0.15, 0.2) is 0 Å². The van der Waals surface area contributed by atoms with Crippen molar-refractivity contribution in [3.63, 3.8) is 0 Å². The zero-order chi connectivity index (χ0) is 15.7. The van der Waals surface area contributed by atoms with E-state index in [0.717, 1.165) is 24.0 Å². The second-order valence-electron chi connectivity index (χ2n) is 5.23. The molecule has 3 rings (SSSR count). The lowest BCUT2D eigenvalue weighted by atomic mass is 10.1. The molecule has 1 heteroatoms. The molecule has 0 saturated heterocycles. The molecule has 0 atom stereocenters. The molecule has 0 unspecified atom stereocenters. The lowest BCUT2D eigenvalue weighted by Crippen LogP contribution is -1.82. The van der Waals surface area contributed by atoms with Crippen LogP contribution in [-0.4, -0.2) is 0 Å². The van der Waals surface area contributed by atoms with E-state index >= 15 is 0 Å². The lowest BCUT2D eigenvalue weighted by Gasteiger charge is -1.99. The summed E-state index contributed by atoms with van der Waals surface area (Å²) < 4.78 is 0. The number of hydrogen-bond donors (Lipinski definition) is 0. The normalized spacial score (nSPS) is 21.9. The van der Waals surface area contributed by atoms with Gasteiger partial charge in [0.05, 0.1) is 0 Å². The molecule has 1 aliphatic heterocycles. The average Bonchev–Trinajstić information content (AvgIpc) is 2.91. The van der Waals surface area contributed by atoms with Gasteiger partial charge < -0.3 is 0 Å². The third-order valence-corrected chi connectivity index (χ3v) is 4.04. The van der Waals surface area contributed by atoms with Gasteiger partial charge in [-0.1, -0.05) is 72.6 Å². The molecule has 0 aromatic carbocycles. The Labute approximate surface area is 142 Å². The first-order valence-corrected chi connectivity index (χ1v) is 8.48. The summed E-state index contributed by atoms with van der Waals surface area (Å²) in [7, 11) is 0. The van der Waals surface area contributed by atoms with Crippen LogP contribution in [0.15, 0.2) is 93.9 Å². The van der Waals surface area contributed by atoms with Crippen molar-refractivity contribution in [3.8, 4) is 23.7 Å². The van der Waals surface area contributed by atoms with Gasteiger partial charge in [-0.05, 0) is 33.8 Å². The van der Waals surface area contributed by atoms with Crippen LogP contribution >= 0.6 is 11.8 Å². The summed E-state index contributed by atoms with van der Waals surface area (Å²) in [6.07, 6.45) is 22.6. The maximum Gasteiger partial charge on any atom is 0.00744 e. The van der Waals surface area contributed by atoms with Gasteiger partial charge in [-0.2, -0.15) is 0 Å². The Balaban J connectivity index is 1.94. The Morgan fingerprint density at radius 3 is 1.65 bits per heavy atom. The van der Waals surface area contributed by atoms with Gasteiger partial charge in [0, 0.05) is 24.0 Å². The molecule has 0 fully saturated rings. The highest BCUT2D eigenvalue weighted by molar-refractivity contribution is 8.04. The molecule has 1 heterocycles. The lowest BCUT2D eigenvalue weighted by molar-refractivity contribution is 1.23. The highest BCUT2D eigenvalue weighted by atomic mass is 32.2. The molecule has 3 aliphatic rings. The van der Waals surface area contributed by atoms with Crippen LogP contribution in [0.3, 0.4) is 0 Å². The Hall–Kier alpha value is -2.61. The number of allylic oxidation sites excluding steroid dienone is 14. The van der Waals surface area contributed by atoms with Gasteiger partial charge >= 0.3 is 0 Å². The monoisotopic (exact) mass is 312 g/mol. The van der Waals surface area contributed by atoms with Gasteiger partial charge in [0.2, 0.25) is 0 Å². The third-order valence-electron chi connectivity index (χ3n) is 3.46. The van der Waals surface area contributed by atoms with Gasteiger partial charge in [-0.15, -0.1) is 11.8 Å². The summed E-state index contributed by atoms with van der Waals surface area (Å²) in [5.74, 6) is 12.3. The van der Waals surface area contributed by atoms with Gasteiger partial charge in [-0.25, -0.2) is 0 Å². The summed E-state index contributed by atoms with van der Waals surface area (Å²) in [6.45, 7) is 0. The third kappa shape index (κ3) is 4.96. The summed E-state index contributed by atoms with van der Waals surface area (Å²) >= 11 is 1.69. The number of hydrogen-bond acceptors (Lipinski definition) is 1. The largest absolute Gasteiger partial charge is 0.106 e. The van der Waals surface area contributed by atoms with E-state index in [0.29, 0.717) is 0 Å². The fraction of sp³-hybridized carbons (Fsp3) is 0.0909. The minimum atomic E-state index is 0.846. The Bertz CT molecular complexity index is 769. The predicted octanol–water partition coefficient (Wildman–Crippen LogP) is 5.39. The molecule has 0 nitrogen and oxygen atoms in total. The Morgan fingerprint density at radius 1 is 0.652 bits per heavy atom. The summed E-state index contributed by atoms with van der Waals surface area (Å²) in [5, 5.41) is 4.24. The van der Waals surface area contributed by atoms with Gasteiger partial charge in [0.1, 0.15) is 0 Å². The van der Waals surface area contributed by atoms with Crippen LogP contribution in [-0.2, 0) is 0 Å². The van der Waals surface area contributed by atoms with E-state index in [2.05, 4.69) is 83.1 Å². The number of fused-ring (bicyclic) bond motifs is 4. The molecule has 0 aromatic rings. The average molecular weight is 312 g/mol. The van der Waals surface area contributed by atoms with E-state index < -0.39 is 0 Å². The zero-order valence-corrected chi connectivity index (χ0v) is 13.6. The number of rotatable bonds is 0. The van der Waals surface area contributed by atoms with Gasteiger partial charge in [-0.3, -0.25) is 0 Å². The molecular weight excluding hydrogens is 296 g/mol. The second kappa shape index (κ2) is 8.14. The van der Waals surface area contributed by atoms with E-state index in [1.54, 1.807) is 11.8 Å². The van der Waals surface area contributed by atoms with Crippen LogP contribution in [0.2, 0.25) is 0 Å². The van der Waals surface area contributed by atoms with Crippen molar-refractivity contribution in [2.45, 2.75) is 12.8 Å². The summed E-state index contributed by atoms with van der Waals surface area (Å²) in [4.78, 5) is 0. The van der Waals surface area contributed by atoms with E-state index in [1.807, 2.05) is 12.2 Å². The van der Waals surface area contributed by atoms with Crippen molar-refractivity contribution < 1.29 is 0 Å². The minimum Gasteiger partial charge on any atom is -0.106 e. The maximum atomic E-state index is 3.18. The van der Waals surface area contributed by atoms with E-state index in [9.17, 15) is 0 Å². The fourth-order valence-electron chi connectivity index (χ4n) is 2.30. The smallest absolute Gasteiger partial charge is 0.00744 e. The van der Waals surface area contributed by atoms with Crippen molar-refractivity contribution >= 4 is 11.8 Å². The first kappa shape index (κ1) is 15.3. The second-order valence-corrected chi connectivity index (χ2v) is 6.05. The highest BCUT2D eigenvalue weighted by Gasteiger charge is 2.00. The molecule has 0 radical (unpaired) electrons. The zero-order valence-electron chi connectivity index (χ0n) is 12.8. The highest BCUT2D eigenvalue weighted by Crippen LogP contribution is 2.20. The van der Waals surface area contributed by atoms with Crippen LogP contribution in [0.25, 0.3) is 0 Å². The van der Waals surface area contributed by atoms with Crippen LogP contribution in [0, 0.1) is 23.7 Å². The molecule has 0 saturated carbocycles.